The number of nitriles is 1. The van der Waals surface area contributed by atoms with E-state index in [4.69, 9.17) is 10.00 Å². The molecule has 1 aromatic carbocycles. The molecule has 1 N–H and O–H groups in total. The van der Waals surface area contributed by atoms with E-state index in [0.29, 0.717) is 11.3 Å². The van der Waals surface area contributed by atoms with Crippen molar-refractivity contribution in [2.45, 2.75) is 18.9 Å². The molecule has 102 valence electrons. The van der Waals surface area contributed by atoms with Gasteiger partial charge in [-0.2, -0.15) is 5.26 Å². The number of esters is 1. The Kier molecular flexibility index (Phi) is 3.03. The highest BCUT2D eigenvalue weighted by molar-refractivity contribution is 6.05. The third-order valence-electron chi connectivity index (χ3n) is 3.62. The van der Waals surface area contributed by atoms with Gasteiger partial charge in [0.15, 0.2) is 6.61 Å². The van der Waals surface area contributed by atoms with E-state index >= 15 is 0 Å². The minimum atomic E-state index is -0.563. The fraction of sp³-hybridized carbons (Fsp3) is 0.357. The summed E-state index contributed by atoms with van der Waals surface area (Å²) in [5.41, 5.74) is 1.89. The van der Waals surface area contributed by atoms with Gasteiger partial charge in [-0.05, 0) is 31.0 Å². The number of nitrogens with zero attached hydrogens (tertiary/aromatic N) is 2. The number of hydrogen-bond acceptors (Lipinski definition) is 5. The number of nitrogens with one attached hydrogen (secondary N) is 1. The van der Waals surface area contributed by atoms with E-state index in [9.17, 15) is 9.59 Å². The molecule has 0 bridgehead atoms. The third-order valence-corrected chi connectivity index (χ3v) is 3.62. The van der Waals surface area contributed by atoms with Crippen molar-refractivity contribution in [1.29, 1.82) is 5.26 Å². The molecule has 0 aliphatic carbocycles. The number of ether oxygens (including phenoxy) is 1. The molecule has 0 radical (unpaired) electrons. The highest BCUT2D eigenvalue weighted by atomic mass is 16.5. The Labute approximate surface area is 115 Å². The van der Waals surface area contributed by atoms with Crippen molar-refractivity contribution in [2.75, 3.05) is 23.4 Å². The fourth-order valence-electron chi connectivity index (χ4n) is 2.74. The van der Waals surface area contributed by atoms with E-state index in [2.05, 4.69) is 10.2 Å². The second-order valence-electron chi connectivity index (χ2n) is 4.81. The van der Waals surface area contributed by atoms with Crippen LogP contribution >= 0.6 is 0 Å². The molecule has 0 unspecified atom stereocenters. The van der Waals surface area contributed by atoms with Gasteiger partial charge in [-0.1, -0.05) is 0 Å². The molecule has 20 heavy (non-hydrogen) atoms. The number of rotatable bonds is 2. The van der Waals surface area contributed by atoms with E-state index in [1.54, 1.807) is 18.2 Å². The predicted molar refractivity (Wildman–Crippen MR) is 71.3 cm³/mol. The zero-order chi connectivity index (χ0) is 14.1. The largest absolute Gasteiger partial charge is 0.447 e. The molecule has 2 aliphatic heterocycles. The van der Waals surface area contributed by atoms with Crippen LogP contribution in [0.5, 0.6) is 0 Å². The van der Waals surface area contributed by atoms with Gasteiger partial charge < -0.3 is 15.0 Å². The normalized spacial score (nSPS) is 19.6. The van der Waals surface area contributed by atoms with Crippen LogP contribution in [0.4, 0.5) is 11.4 Å². The van der Waals surface area contributed by atoms with Crippen molar-refractivity contribution >= 4 is 23.3 Å². The first-order chi connectivity index (χ1) is 9.70. The minimum absolute atomic E-state index is 0.0301. The molecular formula is C14H13N3O3. The van der Waals surface area contributed by atoms with Crippen LogP contribution in [0.15, 0.2) is 18.2 Å². The lowest BCUT2D eigenvalue weighted by Gasteiger charge is -2.33. The monoisotopic (exact) mass is 271 g/mol. The lowest BCUT2D eigenvalue weighted by Crippen LogP contribution is -2.43. The Bertz CT molecular complexity index is 621. The molecule has 3 rings (SSSR count). The highest BCUT2D eigenvalue weighted by Gasteiger charge is 2.36. The summed E-state index contributed by atoms with van der Waals surface area (Å²) in [4.78, 5) is 25.7. The van der Waals surface area contributed by atoms with Gasteiger partial charge in [0.1, 0.15) is 12.1 Å². The van der Waals surface area contributed by atoms with Crippen molar-refractivity contribution in [3.05, 3.63) is 23.8 Å². The molecule has 2 heterocycles. The molecule has 2 aliphatic rings. The fourth-order valence-corrected chi connectivity index (χ4v) is 2.74. The summed E-state index contributed by atoms with van der Waals surface area (Å²) < 4.78 is 4.76. The molecule has 1 fully saturated rings. The molecule has 0 spiro atoms. The minimum Gasteiger partial charge on any atom is -0.447 e. The second-order valence-corrected chi connectivity index (χ2v) is 4.81. The SMILES string of the molecule is N#CCOC(=O)c1ccc2c(c1)NC(=O)[C@@H]1CCCN21. The molecule has 0 aromatic heterocycles. The van der Waals surface area contributed by atoms with E-state index in [0.717, 1.165) is 25.1 Å². The van der Waals surface area contributed by atoms with Gasteiger partial charge in [-0.25, -0.2) is 4.79 Å². The summed E-state index contributed by atoms with van der Waals surface area (Å²) in [7, 11) is 0. The molecule has 0 saturated carbocycles. The Balaban J connectivity index is 1.90. The van der Waals surface area contributed by atoms with Crippen molar-refractivity contribution in [2.24, 2.45) is 0 Å². The van der Waals surface area contributed by atoms with Gasteiger partial charge in [0.25, 0.3) is 0 Å². The summed E-state index contributed by atoms with van der Waals surface area (Å²) in [5.74, 6) is -0.593. The smallest absolute Gasteiger partial charge is 0.339 e. The molecule has 1 aromatic rings. The average Bonchev–Trinajstić information content (AvgIpc) is 2.94. The summed E-state index contributed by atoms with van der Waals surface area (Å²) in [6.45, 7) is 0.569. The third kappa shape index (κ3) is 1.97. The van der Waals surface area contributed by atoms with E-state index in [-0.39, 0.29) is 18.6 Å². The lowest BCUT2D eigenvalue weighted by atomic mass is 10.1. The van der Waals surface area contributed by atoms with Crippen molar-refractivity contribution in [1.82, 2.24) is 0 Å². The predicted octanol–water partition coefficient (Wildman–Crippen LogP) is 1.29. The maximum Gasteiger partial charge on any atom is 0.339 e. The number of fused-ring (bicyclic) bond motifs is 3. The summed E-state index contributed by atoms with van der Waals surface area (Å²) >= 11 is 0. The first-order valence-electron chi connectivity index (χ1n) is 6.46. The zero-order valence-electron chi connectivity index (χ0n) is 10.8. The summed E-state index contributed by atoms with van der Waals surface area (Å²) in [6, 6.07) is 6.72. The van der Waals surface area contributed by atoms with Crippen LogP contribution in [0, 0.1) is 11.3 Å². The van der Waals surface area contributed by atoms with E-state index in [1.807, 2.05) is 6.07 Å². The molecular weight excluding hydrogens is 258 g/mol. The van der Waals surface area contributed by atoms with Crippen molar-refractivity contribution in [3.8, 4) is 6.07 Å². The maximum atomic E-state index is 12.0. The standard InChI is InChI=1S/C14H13N3O3/c15-5-7-20-14(19)9-3-4-11-10(8-9)16-13(18)12-2-1-6-17(11)12/h3-4,8,12H,1-2,6-7H2,(H,16,18)/t12-/m0/s1. The molecule has 6 heteroatoms. The molecule has 1 atom stereocenters. The van der Waals surface area contributed by atoms with Crippen LogP contribution < -0.4 is 10.2 Å². The van der Waals surface area contributed by atoms with Gasteiger partial charge in [0, 0.05) is 6.54 Å². The number of carbonyl (C=O) groups excluding carboxylic acids is 2. The highest BCUT2D eigenvalue weighted by Crippen LogP contribution is 2.37. The number of amides is 1. The topological polar surface area (TPSA) is 82.4 Å². The van der Waals surface area contributed by atoms with Gasteiger partial charge >= 0.3 is 5.97 Å². The molecule has 1 saturated heterocycles. The Morgan fingerprint density at radius 3 is 3.20 bits per heavy atom. The lowest BCUT2D eigenvalue weighted by molar-refractivity contribution is -0.117. The Morgan fingerprint density at radius 2 is 2.40 bits per heavy atom. The van der Waals surface area contributed by atoms with Gasteiger partial charge in [0.05, 0.1) is 16.9 Å². The summed E-state index contributed by atoms with van der Waals surface area (Å²) in [5, 5.41) is 11.2. The zero-order valence-corrected chi connectivity index (χ0v) is 10.8. The Hall–Kier alpha value is -2.55. The number of benzene rings is 1. The van der Waals surface area contributed by atoms with Crippen LogP contribution in [0.3, 0.4) is 0 Å². The second kappa shape index (κ2) is 4.85. The average molecular weight is 271 g/mol. The Morgan fingerprint density at radius 1 is 1.55 bits per heavy atom. The van der Waals surface area contributed by atoms with E-state index in [1.165, 1.54) is 0 Å². The van der Waals surface area contributed by atoms with E-state index < -0.39 is 5.97 Å². The van der Waals surface area contributed by atoms with Gasteiger partial charge in [-0.15, -0.1) is 0 Å². The van der Waals surface area contributed by atoms with Crippen molar-refractivity contribution < 1.29 is 14.3 Å². The van der Waals surface area contributed by atoms with Crippen LogP contribution in [0.2, 0.25) is 0 Å². The van der Waals surface area contributed by atoms with Crippen LogP contribution in [0.25, 0.3) is 0 Å². The quantitative estimate of drug-likeness (QED) is 0.819. The molecule has 6 nitrogen and oxygen atoms in total. The van der Waals surface area contributed by atoms with Crippen LogP contribution in [0.1, 0.15) is 23.2 Å². The number of carbonyl (C=O) groups is 2. The van der Waals surface area contributed by atoms with Gasteiger partial charge in [-0.3, -0.25) is 4.79 Å². The molecule has 1 amide bonds. The number of hydrogen-bond donors (Lipinski definition) is 1. The van der Waals surface area contributed by atoms with Crippen LogP contribution in [-0.4, -0.2) is 31.1 Å². The first-order valence-corrected chi connectivity index (χ1v) is 6.46. The maximum absolute atomic E-state index is 12.0. The van der Waals surface area contributed by atoms with Crippen molar-refractivity contribution in [3.63, 3.8) is 0 Å². The van der Waals surface area contributed by atoms with Gasteiger partial charge in [0.2, 0.25) is 5.91 Å². The van der Waals surface area contributed by atoms with Crippen LogP contribution in [-0.2, 0) is 9.53 Å². The first kappa shape index (κ1) is 12.5. The summed E-state index contributed by atoms with van der Waals surface area (Å²) in [6.07, 6.45) is 1.85. The number of anilines is 2.